The summed E-state index contributed by atoms with van der Waals surface area (Å²) in [5, 5.41) is 0.847. The molecule has 1 aliphatic rings. The highest BCUT2D eigenvalue weighted by molar-refractivity contribution is 6.05. The zero-order chi connectivity index (χ0) is 17.8. The summed E-state index contributed by atoms with van der Waals surface area (Å²) >= 11 is 0. The Balaban J connectivity index is 1.57. The average molecular weight is 342 g/mol. The molecular weight excluding hydrogens is 316 g/mol. The maximum absolute atomic E-state index is 12.8. The number of piperazine rings is 1. The number of para-hydroxylation sites is 1. The molecule has 0 spiro atoms. The first-order valence-corrected chi connectivity index (χ1v) is 9.13. The molecule has 0 saturated carbocycles. The molecule has 2 heterocycles. The number of furan rings is 1. The number of rotatable bonds is 5. The van der Waals surface area contributed by atoms with Crippen LogP contribution in [0.25, 0.3) is 11.0 Å². The van der Waals surface area contributed by atoms with E-state index in [0.717, 1.165) is 23.8 Å². The van der Waals surface area contributed by atoms with Gasteiger partial charge in [0, 0.05) is 38.0 Å². The molecule has 1 atom stereocenters. The molecular formula is C20H26N2O3. The number of carbonyl (C=O) groups excluding carboxylic acids is 2. The Morgan fingerprint density at radius 1 is 1.12 bits per heavy atom. The molecule has 134 valence electrons. The zero-order valence-corrected chi connectivity index (χ0v) is 15.0. The third-order valence-corrected chi connectivity index (χ3v) is 5.18. The van der Waals surface area contributed by atoms with Gasteiger partial charge in [-0.05, 0) is 18.4 Å². The molecule has 2 aromatic rings. The fourth-order valence-electron chi connectivity index (χ4n) is 3.20. The second-order valence-corrected chi connectivity index (χ2v) is 6.87. The third kappa shape index (κ3) is 3.86. The second kappa shape index (κ2) is 7.72. The van der Waals surface area contributed by atoms with Crippen LogP contribution in [-0.2, 0) is 4.79 Å². The van der Waals surface area contributed by atoms with Crippen molar-refractivity contribution in [1.82, 2.24) is 9.80 Å². The Morgan fingerprint density at radius 2 is 1.80 bits per heavy atom. The molecule has 1 fully saturated rings. The predicted octanol–water partition coefficient (Wildman–Crippen LogP) is 3.54. The molecule has 1 aliphatic heterocycles. The highest BCUT2D eigenvalue weighted by Crippen LogP contribution is 2.22. The van der Waals surface area contributed by atoms with Crippen LogP contribution < -0.4 is 0 Å². The maximum atomic E-state index is 12.8. The van der Waals surface area contributed by atoms with E-state index in [1.54, 1.807) is 0 Å². The topological polar surface area (TPSA) is 53.8 Å². The van der Waals surface area contributed by atoms with E-state index >= 15 is 0 Å². The summed E-state index contributed by atoms with van der Waals surface area (Å²) in [7, 11) is 0. The van der Waals surface area contributed by atoms with E-state index in [1.807, 2.05) is 34.1 Å². The van der Waals surface area contributed by atoms with Crippen molar-refractivity contribution < 1.29 is 14.0 Å². The maximum Gasteiger partial charge on any atom is 0.257 e. The highest BCUT2D eigenvalue weighted by atomic mass is 16.3. The Hall–Kier alpha value is -2.30. The summed E-state index contributed by atoms with van der Waals surface area (Å²) in [4.78, 5) is 28.8. The molecule has 2 amide bonds. The summed E-state index contributed by atoms with van der Waals surface area (Å²) in [6.45, 7) is 6.71. The van der Waals surface area contributed by atoms with E-state index < -0.39 is 0 Å². The minimum absolute atomic E-state index is 0.0170. The van der Waals surface area contributed by atoms with Crippen LogP contribution in [0, 0.1) is 5.92 Å². The number of benzene rings is 1. The molecule has 1 aromatic heterocycles. The lowest BCUT2D eigenvalue weighted by atomic mass is 10.0. The van der Waals surface area contributed by atoms with Gasteiger partial charge in [0.2, 0.25) is 5.91 Å². The number of amides is 2. The van der Waals surface area contributed by atoms with Crippen molar-refractivity contribution in [3.05, 3.63) is 36.1 Å². The van der Waals surface area contributed by atoms with Gasteiger partial charge in [-0.15, -0.1) is 0 Å². The van der Waals surface area contributed by atoms with Crippen molar-refractivity contribution in [2.75, 3.05) is 26.2 Å². The van der Waals surface area contributed by atoms with E-state index in [-0.39, 0.29) is 11.8 Å². The van der Waals surface area contributed by atoms with Crippen molar-refractivity contribution >= 4 is 22.8 Å². The van der Waals surface area contributed by atoms with E-state index in [0.29, 0.717) is 44.1 Å². The molecule has 1 unspecified atom stereocenters. The van der Waals surface area contributed by atoms with Crippen molar-refractivity contribution in [1.29, 1.82) is 0 Å². The Morgan fingerprint density at radius 3 is 2.52 bits per heavy atom. The normalized spacial score (nSPS) is 16.2. The van der Waals surface area contributed by atoms with E-state index in [4.69, 9.17) is 4.42 Å². The summed E-state index contributed by atoms with van der Waals surface area (Å²) in [5.41, 5.74) is 1.33. The number of nitrogens with zero attached hydrogens (tertiary/aromatic N) is 2. The van der Waals surface area contributed by atoms with Crippen LogP contribution in [0.5, 0.6) is 0 Å². The van der Waals surface area contributed by atoms with Crippen molar-refractivity contribution in [2.24, 2.45) is 5.92 Å². The Bertz CT molecular complexity index is 744. The quantitative estimate of drug-likeness (QED) is 0.835. The van der Waals surface area contributed by atoms with Crippen LogP contribution in [0.3, 0.4) is 0 Å². The van der Waals surface area contributed by atoms with E-state index in [9.17, 15) is 9.59 Å². The van der Waals surface area contributed by atoms with Gasteiger partial charge in [0.1, 0.15) is 11.8 Å². The summed E-state index contributed by atoms with van der Waals surface area (Å²) in [5.74, 6) is 0.777. The molecule has 1 aromatic carbocycles. The lowest BCUT2D eigenvalue weighted by Crippen LogP contribution is -2.50. The molecule has 0 radical (unpaired) electrons. The van der Waals surface area contributed by atoms with E-state index in [2.05, 4.69) is 13.8 Å². The number of fused-ring (bicyclic) bond motifs is 1. The molecule has 1 saturated heterocycles. The third-order valence-electron chi connectivity index (χ3n) is 5.18. The summed E-state index contributed by atoms with van der Waals surface area (Å²) < 4.78 is 5.47. The molecule has 0 N–H and O–H groups in total. The number of hydrogen-bond donors (Lipinski definition) is 0. The fraction of sp³-hybridized carbons (Fsp3) is 0.500. The van der Waals surface area contributed by atoms with Crippen molar-refractivity contribution in [3.63, 3.8) is 0 Å². The molecule has 25 heavy (non-hydrogen) atoms. The summed E-state index contributed by atoms with van der Waals surface area (Å²) in [6, 6.07) is 7.56. The summed E-state index contributed by atoms with van der Waals surface area (Å²) in [6.07, 6.45) is 4.19. The van der Waals surface area contributed by atoms with Crippen LogP contribution in [0.4, 0.5) is 0 Å². The van der Waals surface area contributed by atoms with Gasteiger partial charge in [0.15, 0.2) is 0 Å². The van der Waals surface area contributed by atoms with Crippen LogP contribution in [0.1, 0.15) is 43.5 Å². The molecule has 5 heteroatoms. The first-order valence-electron chi connectivity index (χ1n) is 9.13. The number of hydrogen-bond acceptors (Lipinski definition) is 3. The van der Waals surface area contributed by atoms with Gasteiger partial charge in [0.25, 0.3) is 5.91 Å². The van der Waals surface area contributed by atoms with Gasteiger partial charge in [-0.3, -0.25) is 9.59 Å². The smallest absolute Gasteiger partial charge is 0.257 e. The lowest BCUT2D eigenvalue weighted by Gasteiger charge is -2.34. The van der Waals surface area contributed by atoms with Crippen LogP contribution >= 0.6 is 0 Å². The molecule has 3 rings (SSSR count). The minimum atomic E-state index is -0.0170. The fourth-order valence-corrected chi connectivity index (χ4v) is 3.20. The Labute approximate surface area is 148 Å². The van der Waals surface area contributed by atoms with Crippen molar-refractivity contribution in [2.45, 2.75) is 33.1 Å². The standard InChI is InChI=1S/C20H26N2O3/c1-3-15(2)8-9-19(23)21-10-12-22(13-11-21)20(24)17-14-25-18-7-5-4-6-16(17)18/h4-7,14-15H,3,8-13H2,1-2H3. The second-order valence-electron chi connectivity index (χ2n) is 6.87. The first kappa shape index (κ1) is 17.5. The van der Waals surface area contributed by atoms with Gasteiger partial charge in [0.05, 0.1) is 5.56 Å². The molecule has 0 bridgehead atoms. The van der Waals surface area contributed by atoms with Crippen molar-refractivity contribution in [3.8, 4) is 0 Å². The van der Waals surface area contributed by atoms with Crippen LogP contribution in [0.15, 0.2) is 34.9 Å². The number of carbonyl (C=O) groups is 2. The van der Waals surface area contributed by atoms with E-state index in [1.165, 1.54) is 6.26 Å². The van der Waals surface area contributed by atoms with Gasteiger partial charge in [-0.2, -0.15) is 0 Å². The molecule has 5 nitrogen and oxygen atoms in total. The Kier molecular flexibility index (Phi) is 5.41. The van der Waals surface area contributed by atoms with Gasteiger partial charge < -0.3 is 14.2 Å². The average Bonchev–Trinajstić information content (AvgIpc) is 3.09. The monoisotopic (exact) mass is 342 g/mol. The van der Waals surface area contributed by atoms with Gasteiger partial charge >= 0.3 is 0 Å². The van der Waals surface area contributed by atoms with Gasteiger partial charge in [-0.1, -0.05) is 38.5 Å². The van der Waals surface area contributed by atoms with Crippen LogP contribution in [-0.4, -0.2) is 47.8 Å². The van der Waals surface area contributed by atoms with Gasteiger partial charge in [-0.25, -0.2) is 0 Å². The SMILES string of the molecule is CCC(C)CCC(=O)N1CCN(C(=O)c2coc3ccccc23)CC1. The highest BCUT2D eigenvalue weighted by Gasteiger charge is 2.26. The zero-order valence-electron chi connectivity index (χ0n) is 15.0. The van der Waals surface area contributed by atoms with Crippen LogP contribution in [0.2, 0.25) is 0 Å². The largest absolute Gasteiger partial charge is 0.463 e. The molecule has 0 aliphatic carbocycles. The minimum Gasteiger partial charge on any atom is -0.463 e. The lowest BCUT2D eigenvalue weighted by molar-refractivity contribution is -0.133. The first-order chi connectivity index (χ1) is 12.1. The predicted molar refractivity (Wildman–Crippen MR) is 97.4 cm³/mol.